The second-order valence-electron chi connectivity index (χ2n) is 7.24. The zero-order valence-corrected chi connectivity index (χ0v) is 18.0. The molecule has 0 aromatic heterocycles. The lowest BCUT2D eigenvalue weighted by molar-refractivity contribution is -0.141. The fraction of sp³-hybridized carbons (Fsp3) is 0.231. The molecule has 0 aliphatic carbocycles. The number of hydrogen-bond acceptors (Lipinski definition) is 3. The van der Waals surface area contributed by atoms with Crippen LogP contribution in [0.25, 0.3) is 0 Å². The Bertz CT molecular complexity index is 973. The maximum Gasteiger partial charge on any atom is 0.247 e. The van der Waals surface area contributed by atoms with Crippen molar-refractivity contribution >= 4 is 11.8 Å². The van der Waals surface area contributed by atoms with E-state index >= 15 is 0 Å². The van der Waals surface area contributed by atoms with Crippen LogP contribution < -0.4 is 10.1 Å². The van der Waals surface area contributed by atoms with Gasteiger partial charge in [0.1, 0.15) is 11.8 Å². The summed E-state index contributed by atoms with van der Waals surface area (Å²) >= 11 is 0. The Hall–Kier alpha value is -3.60. The maximum atomic E-state index is 13.4. The monoisotopic (exact) mass is 416 g/mol. The first-order valence-electron chi connectivity index (χ1n) is 10.4. The minimum absolute atomic E-state index is 0.0719. The van der Waals surface area contributed by atoms with E-state index in [4.69, 9.17) is 4.74 Å². The molecule has 1 atom stereocenters. The van der Waals surface area contributed by atoms with E-state index in [-0.39, 0.29) is 11.8 Å². The standard InChI is InChI=1S/C26H28N2O3/c1-3-24(29)28(19-21-10-6-4-7-11-21)25(22-12-8-5-9-13-22)26(30)27-18-20-14-16-23(31-2)17-15-20/h4-17,25H,3,18-19H2,1-2H3,(H,27,30)/t25-/m0/s1. The van der Waals surface area contributed by atoms with Crippen LogP contribution in [-0.4, -0.2) is 23.8 Å². The second kappa shape index (κ2) is 11.0. The molecule has 3 aromatic carbocycles. The molecule has 0 unspecified atom stereocenters. The number of hydrogen-bond donors (Lipinski definition) is 1. The number of benzene rings is 3. The Labute approximate surface area is 183 Å². The van der Waals surface area contributed by atoms with Crippen molar-refractivity contribution in [2.24, 2.45) is 0 Å². The van der Waals surface area contributed by atoms with Gasteiger partial charge in [-0.2, -0.15) is 0 Å². The Morgan fingerprint density at radius 3 is 2.06 bits per heavy atom. The van der Waals surface area contributed by atoms with Crippen molar-refractivity contribution in [2.45, 2.75) is 32.5 Å². The Kier molecular flexibility index (Phi) is 7.82. The van der Waals surface area contributed by atoms with Gasteiger partial charge in [0.2, 0.25) is 11.8 Å². The van der Waals surface area contributed by atoms with Crippen LogP contribution in [0.2, 0.25) is 0 Å². The molecule has 3 aromatic rings. The van der Waals surface area contributed by atoms with Gasteiger partial charge in [0.15, 0.2) is 0 Å². The predicted octanol–water partition coefficient (Wildman–Crippen LogP) is 4.49. The zero-order valence-electron chi connectivity index (χ0n) is 18.0. The molecule has 0 saturated heterocycles. The quantitative estimate of drug-likeness (QED) is 0.559. The molecule has 160 valence electrons. The molecule has 5 heteroatoms. The molecule has 2 amide bonds. The number of ether oxygens (including phenoxy) is 1. The van der Waals surface area contributed by atoms with Crippen LogP contribution in [0.4, 0.5) is 0 Å². The summed E-state index contributed by atoms with van der Waals surface area (Å²) in [5, 5.41) is 3.01. The van der Waals surface area contributed by atoms with E-state index in [1.807, 2.05) is 91.9 Å². The van der Waals surface area contributed by atoms with Crippen molar-refractivity contribution in [3.05, 3.63) is 102 Å². The first kappa shape index (κ1) is 22.1. The lowest BCUT2D eigenvalue weighted by Gasteiger charge is -2.31. The summed E-state index contributed by atoms with van der Waals surface area (Å²) in [6, 6.07) is 26.0. The van der Waals surface area contributed by atoms with E-state index in [0.717, 1.165) is 22.4 Å². The molecular formula is C26H28N2O3. The molecule has 0 aliphatic heterocycles. The highest BCUT2D eigenvalue weighted by Gasteiger charge is 2.30. The van der Waals surface area contributed by atoms with E-state index in [0.29, 0.717) is 19.5 Å². The summed E-state index contributed by atoms with van der Waals surface area (Å²) in [6.45, 7) is 2.55. The molecule has 5 nitrogen and oxygen atoms in total. The number of carbonyl (C=O) groups excluding carboxylic acids is 2. The van der Waals surface area contributed by atoms with Crippen molar-refractivity contribution in [2.75, 3.05) is 7.11 Å². The lowest BCUT2D eigenvalue weighted by Crippen LogP contribution is -2.43. The highest BCUT2D eigenvalue weighted by atomic mass is 16.5. The first-order valence-corrected chi connectivity index (χ1v) is 10.4. The molecule has 0 saturated carbocycles. The third-order valence-corrected chi connectivity index (χ3v) is 5.12. The van der Waals surface area contributed by atoms with Gasteiger partial charge in [-0.25, -0.2) is 0 Å². The van der Waals surface area contributed by atoms with Gasteiger partial charge >= 0.3 is 0 Å². The molecule has 0 spiro atoms. The van der Waals surface area contributed by atoms with Crippen molar-refractivity contribution < 1.29 is 14.3 Å². The Morgan fingerprint density at radius 1 is 0.871 bits per heavy atom. The number of nitrogens with zero attached hydrogens (tertiary/aromatic N) is 1. The van der Waals surface area contributed by atoms with Gasteiger partial charge in [-0.15, -0.1) is 0 Å². The third kappa shape index (κ3) is 5.95. The Morgan fingerprint density at radius 2 is 1.48 bits per heavy atom. The maximum absolute atomic E-state index is 13.4. The summed E-state index contributed by atoms with van der Waals surface area (Å²) in [5.74, 6) is 0.483. The van der Waals surface area contributed by atoms with Crippen LogP contribution in [0.15, 0.2) is 84.9 Å². The molecule has 0 bridgehead atoms. The summed E-state index contributed by atoms with van der Waals surface area (Å²) in [7, 11) is 1.62. The van der Waals surface area contributed by atoms with E-state index in [2.05, 4.69) is 5.32 Å². The minimum atomic E-state index is -0.716. The van der Waals surface area contributed by atoms with Crippen LogP contribution in [0.5, 0.6) is 5.75 Å². The number of nitrogens with one attached hydrogen (secondary N) is 1. The van der Waals surface area contributed by atoms with Gasteiger partial charge in [-0.05, 0) is 28.8 Å². The van der Waals surface area contributed by atoms with Crippen molar-refractivity contribution in [1.82, 2.24) is 10.2 Å². The summed E-state index contributed by atoms with van der Waals surface area (Å²) in [6.07, 6.45) is 0.321. The average Bonchev–Trinajstić information content (AvgIpc) is 2.83. The molecule has 31 heavy (non-hydrogen) atoms. The van der Waals surface area contributed by atoms with E-state index in [1.165, 1.54) is 0 Å². The molecule has 0 radical (unpaired) electrons. The van der Waals surface area contributed by atoms with Crippen LogP contribution in [0, 0.1) is 0 Å². The fourth-order valence-electron chi connectivity index (χ4n) is 3.44. The minimum Gasteiger partial charge on any atom is -0.497 e. The van der Waals surface area contributed by atoms with Crippen LogP contribution >= 0.6 is 0 Å². The molecule has 0 heterocycles. The van der Waals surface area contributed by atoms with Crippen LogP contribution in [0.1, 0.15) is 36.1 Å². The summed E-state index contributed by atoms with van der Waals surface area (Å²) in [4.78, 5) is 27.9. The molecule has 1 N–H and O–H groups in total. The topological polar surface area (TPSA) is 58.6 Å². The van der Waals surface area contributed by atoms with Gasteiger partial charge in [-0.3, -0.25) is 9.59 Å². The second-order valence-corrected chi connectivity index (χ2v) is 7.24. The van der Waals surface area contributed by atoms with Crippen LogP contribution in [-0.2, 0) is 22.7 Å². The van der Waals surface area contributed by atoms with Crippen LogP contribution in [0.3, 0.4) is 0 Å². The smallest absolute Gasteiger partial charge is 0.247 e. The Balaban J connectivity index is 1.86. The summed E-state index contributed by atoms with van der Waals surface area (Å²) in [5.41, 5.74) is 2.72. The van der Waals surface area contributed by atoms with E-state index in [9.17, 15) is 9.59 Å². The van der Waals surface area contributed by atoms with Gasteiger partial charge in [0, 0.05) is 19.5 Å². The first-order chi connectivity index (χ1) is 15.1. The zero-order chi connectivity index (χ0) is 22.1. The van der Waals surface area contributed by atoms with Crippen molar-refractivity contribution in [3.63, 3.8) is 0 Å². The molecule has 0 fully saturated rings. The van der Waals surface area contributed by atoms with Crippen molar-refractivity contribution in [3.8, 4) is 5.75 Å². The third-order valence-electron chi connectivity index (χ3n) is 5.12. The molecular weight excluding hydrogens is 388 g/mol. The number of methoxy groups -OCH3 is 1. The number of rotatable bonds is 9. The number of carbonyl (C=O) groups is 2. The normalized spacial score (nSPS) is 11.4. The van der Waals surface area contributed by atoms with E-state index < -0.39 is 6.04 Å². The van der Waals surface area contributed by atoms with Crippen molar-refractivity contribution in [1.29, 1.82) is 0 Å². The van der Waals surface area contributed by atoms with E-state index in [1.54, 1.807) is 12.0 Å². The number of amides is 2. The highest BCUT2D eigenvalue weighted by Crippen LogP contribution is 2.25. The van der Waals surface area contributed by atoms with Gasteiger partial charge in [-0.1, -0.05) is 79.7 Å². The van der Waals surface area contributed by atoms with Gasteiger partial charge in [0.05, 0.1) is 7.11 Å². The lowest BCUT2D eigenvalue weighted by atomic mass is 10.0. The predicted molar refractivity (Wildman–Crippen MR) is 121 cm³/mol. The van der Waals surface area contributed by atoms with Gasteiger partial charge < -0.3 is 15.0 Å². The SMILES string of the molecule is CCC(=O)N(Cc1ccccc1)[C@H](C(=O)NCc1ccc(OC)cc1)c1ccccc1. The average molecular weight is 417 g/mol. The highest BCUT2D eigenvalue weighted by molar-refractivity contribution is 5.88. The molecule has 0 aliphatic rings. The molecule has 3 rings (SSSR count). The van der Waals surface area contributed by atoms with Gasteiger partial charge in [0.25, 0.3) is 0 Å². The summed E-state index contributed by atoms with van der Waals surface area (Å²) < 4.78 is 5.19. The fourth-order valence-corrected chi connectivity index (χ4v) is 3.44. The largest absolute Gasteiger partial charge is 0.497 e.